The van der Waals surface area contributed by atoms with Gasteiger partial charge in [0.25, 0.3) is 0 Å². The molecule has 3 aliphatic rings. The minimum absolute atomic E-state index is 0.0740. The van der Waals surface area contributed by atoms with Gasteiger partial charge in [0.2, 0.25) is 11.8 Å². The second kappa shape index (κ2) is 5.45. The van der Waals surface area contributed by atoms with E-state index in [0.717, 1.165) is 19.4 Å². The topological polar surface area (TPSA) is 58.6 Å². The molecule has 0 aromatic heterocycles. The Labute approximate surface area is 120 Å². The monoisotopic (exact) mass is 280 g/mol. The van der Waals surface area contributed by atoms with Crippen molar-refractivity contribution in [1.82, 2.24) is 10.2 Å². The molecule has 1 saturated carbocycles. The predicted molar refractivity (Wildman–Crippen MR) is 74.1 cm³/mol. The standard InChI is InChI=1S/C15H24N2O3/c1-17-13(18)5-4-12(14(17)19)16-10-11-6-9-15(20-11)7-2-3-8-15/h11-12,16H,2-10H2,1H3. The van der Waals surface area contributed by atoms with E-state index in [2.05, 4.69) is 5.32 Å². The first-order valence-corrected chi connectivity index (χ1v) is 7.81. The first-order valence-electron chi connectivity index (χ1n) is 7.81. The Morgan fingerprint density at radius 2 is 2.00 bits per heavy atom. The summed E-state index contributed by atoms with van der Waals surface area (Å²) in [6.45, 7) is 0.722. The van der Waals surface area contributed by atoms with Gasteiger partial charge in [-0.1, -0.05) is 12.8 Å². The van der Waals surface area contributed by atoms with Crippen molar-refractivity contribution in [1.29, 1.82) is 0 Å². The Bertz CT molecular complexity index is 404. The smallest absolute Gasteiger partial charge is 0.246 e. The molecular weight excluding hydrogens is 256 g/mol. The van der Waals surface area contributed by atoms with Crippen molar-refractivity contribution in [2.24, 2.45) is 0 Å². The lowest BCUT2D eigenvalue weighted by Gasteiger charge is -2.29. The molecule has 0 aromatic rings. The SMILES string of the molecule is CN1C(=O)CCC(NCC2CCC3(CCCC3)O2)C1=O. The van der Waals surface area contributed by atoms with E-state index in [9.17, 15) is 9.59 Å². The molecule has 2 atom stereocenters. The van der Waals surface area contributed by atoms with Gasteiger partial charge in [-0.15, -0.1) is 0 Å². The largest absolute Gasteiger partial charge is 0.370 e. The van der Waals surface area contributed by atoms with E-state index in [0.29, 0.717) is 12.8 Å². The number of ether oxygens (including phenoxy) is 1. The lowest BCUT2D eigenvalue weighted by atomic mass is 9.98. The van der Waals surface area contributed by atoms with Gasteiger partial charge in [-0.05, 0) is 32.1 Å². The average Bonchev–Trinajstić information content (AvgIpc) is 3.06. The van der Waals surface area contributed by atoms with Gasteiger partial charge < -0.3 is 10.1 Å². The number of nitrogens with zero attached hydrogens (tertiary/aromatic N) is 1. The number of carbonyl (C=O) groups excluding carboxylic acids is 2. The van der Waals surface area contributed by atoms with Crippen LogP contribution in [0.25, 0.3) is 0 Å². The van der Waals surface area contributed by atoms with Crippen LogP contribution in [0.2, 0.25) is 0 Å². The predicted octanol–water partition coefficient (Wildman–Crippen LogP) is 1.22. The summed E-state index contributed by atoms with van der Waals surface area (Å²) in [6.07, 6.45) is 8.51. The summed E-state index contributed by atoms with van der Waals surface area (Å²) >= 11 is 0. The summed E-state index contributed by atoms with van der Waals surface area (Å²) in [5, 5.41) is 3.30. The van der Waals surface area contributed by atoms with Crippen LogP contribution >= 0.6 is 0 Å². The van der Waals surface area contributed by atoms with E-state index in [1.807, 2.05) is 0 Å². The van der Waals surface area contributed by atoms with E-state index in [-0.39, 0.29) is 29.6 Å². The van der Waals surface area contributed by atoms with E-state index in [1.165, 1.54) is 30.6 Å². The first-order chi connectivity index (χ1) is 9.60. The molecule has 3 rings (SSSR count). The van der Waals surface area contributed by atoms with Crippen LogP contribution < -0.4 is 5.32 Å². The molecule has 0 bridgehead atoms. The maximum Gasteiger partial charge on any atom is 0.246 e. The maximum absolute atomic E-state index is 12.0. The van der Waals surface area contributed by atoms with Crippen LogP contribution in [0.5, 0.6) is 0 Å². The van der Waals surface area contributed by atoms with Crippen molar-refractivity contribution < 1.29 is 14.3 Å². The van der Waals surface area contributed by atoms with Crippen molar-refractivity contribution in [3.8, 4) is 0 Å². The molecule has 20 heavy (non-hydrogen) atoms. The second-order valence-electron chi connectivity index (χ2n) is 6.46. The van der Waals surface area contributed by atoms with Crippen LogP contribution in [0.4, 0.5) is 0 Å². The van der Waals surface area contributed by atoms with Crippen molar-refractivity contribution in [3.63, 3.8) is 0 Å². The third kappa shape index (κ3) is 2.61. The highest BCUT2D eigenvalue weighted by Gasteiger charge is 2.42. The molecule has 2 saturated heterocycles. The Morgan fingerprint density at radius 1 is 1.25 bits per heavy atom. The molecule has 5 heteroatoms. The van der Waals surface area contributed by atoms with Crippen LogP contribution in [0, 0.1) is 0 Å². The third-order valence-electron chi connectivity index (χ3n) is 5.09. The molecule has 5 nitrogen and oxygen atoms in total. The average molecular weight is 280 g/mol. The molecule has 112 valence electrons. The van der Waals surface area contributed by atoms with E-state index >= 15 is 0 Å². The van der Waals surface area contributed by atoms with E-state index in [1.54, 1.807) is 7.05 Å². The number of hydrogen-bond donors (Lipinski definition) is 1. The fourth-order valence-corrected chi connectivity index (χ4v) is 3.81. The van der Waals surface area contributed by atoms with E-state index < -0.39 is 0 Å². The highest BCUT2D eigenvalue weighted by molar-refractivity contribution is 6.00. The lowest BCUT2D eigenvalue weighted by Crippen LogP contribution is -2.52. The van der Waals surface area contributed by atoms with Gasteiger partial charge in [-0.25, -0.2) is 0 Å². The van der Waals surface area contributed by atoms with Crippen molar-refractivity contribution in [3.05, 3.63) is 0 Å². The maximum atomic E-state index is 12.0. The van der Waals surface area contributed by atoms with Gasteiger partial charge in [0.05, 0.1) is 17.7 Å². The minimum Gasteiger partial charge on any atom is -0.370 e. The summed E-state index contributed by atoms with van der Waals surface area (Å²) in [5.74, 6) is -0.176. The van der Waals surface area contributed by atoms with Crippen LogP contribution in [0.15, 0.2) is 0 Å². The Morgan fingerprint density at radius 3 is 2.75 bits per heavy atom. The summed E-state index contributed by atoms with van der Waals surface area (Å²) < 4.78 is 6.23. The number of likely N-dealkylation sites (N-methyl/N-ethyl adjacent to an activating group) is 1. The Kier molecular flexibility index (Phi) is 3.82. The number of rotatable bonds is 3. The molecule has 2 heterocycles. The van der Waals surface area contributed by atoms with Crippen molar-refractivity contribution in [2.75, 3.05) is 13.6 Å². The van der Waals surface area contributed by atoms with Crippen LogP contribution in [-0.4, -0.2) is 48.1 Å². The number of amides is 2. The van der Waals surface area contributed by atoms with Crippen molar-refractivity contribution in [2.45, 2.75) is 69.1 Å². The fraction of sp³-hybridized carbons (Fsp3) is 0.867. The summed E-state index contributed by atoms with van der Waals surface area (Å²) in [7, 11) is 1.57. The molecule has 0 radical (unpaired) electrons. The zero-order chi connectivity index (χ0) is 14.2. The number of hydrogen-bond acceptors (Lipinski definition) is 4. The van der Waals surface area contributed by atoms with E-state index in [4.69, 9.17) is 4.74 Å². The quantitative estimate of drug-likeness (QED) is 0.790. The third-order valence-corrected chi connectivity index (χ3v) is 5.09. The Hall–Kier alpha value is -0.940. The molecule has 2 amide bonds. The summed E-state index contributed by atoms with van der Waals surface area (Å²) in [5.41, 5.74) is 0.148. The number of likely N-dealkylation sites (tertiary alicyclic amines) is 1. The zero-order valence-electron chi connectivity index (χ0n) is 12.2. The molecule has 1 aliphatic carbocycles. The number of imide groups is 1. The normalized spacial score (nSPS) is 33.4. The zero-order valence-corrected chi connectivity index (χ0v) is 12.2. The molecule has 3 fully saturated rings. The van der Waals surface area contributed by atoms with Gasteiger partial charge in [0.1, 0.15) is 0 Å². The molecule has 1 N–H and O–H groups in total. The second-order valence-corrected chi connectivity index (χ2v) is 6.46. The summed E-state index contributed by atoms with van der Waals surface area (Å²) in [6, 6.07) is -0.221. The van der Waals surface area contributed by atoms with Crippen molar-refractivity contribution >= 4 is 11.8 Å². The minimum atomic E-state index is -0.221. The van der Waals surface area contributed by atoms with Gasteiger partial charge >= 0.3 is 0 Å². The first kappa shape index (κ1) is 14.0. The highest BCUT2D eigenvalue weighted by atomic mass is 16.5. The number of carbonyl (C=O) groups is 2. The lowest BCUT2D eigenvalue weighted by molar-refractivity contribution is -0.148. The number of nitrogens with one attached hydrogen (secondary N) is 1. The van der Waals surface area contributed by atoms with Gasteiger partial charge in [0.15, 0.2) is 0 Å². The molecule has 2 unspecified atom stereocenters. The van der Waals surface area contributed by atoms with Crippen LogP contribution in [-0.2, 0) is 14.3 Å². The molecule has 1 spiro atoms. The molecule has 0 aromatic carbocycles. The van der Waals surface area contributed by atoms with Crippen LogP contribution in [0.3, 0.4) is 0 Å². The van der Waals surface area contributed by atoms with Crippen LogP contribution in [0.1, 0.15) is 51.4 Å². The highest BCUT2D eigenvalue weighted by Crippen LogP contribution is 2.43. The van der Waals surface area contributed by atoms with Gasteiger partial charge in [-0.3, -0.25) is 14.5 Å². The van der Waals surface area contributed by atoms with Gasteiger partial charge in [0, 0.05) is 20.0 Å². The molecule has 2 aliphatic heterocycles. The fourth-order valence-electron chi connectivity index (χ4n) is 3.81. The molecular formula is C15H24N2O3. The summed E-state index contributed by atoms with van der Waals surface area (Å²) in [4.78, 5) is 24.7. The van der Waals surface area contributed by atoms with Gasteiger partial charge in [-0.2, -0.15) is 0 Å². The number of piperidine rings is 1. The Balaban J connectivity index is 1.48.